The molecule has 6 heteroatoms. The number of para-hydroxylation sites is 7. The van der Waals surface area contributed by atoms with Crippen LogP contribution in [0.4, 0.5) is 22.7 Å². The monoisotopic (exact) mass is 774 g/mol. The molecule has 1 aliphatic rings. The van der Waals surface area contributed by atoms with E-state index in [1.807, 2.05) is 0 Å². The Balaban J connectivity index is 1.15. The first-order valence-corrected chi connectivity index (χ1v) is 20.7. The van der Waals surface area contributed by atoms with Crippen LogP contribution in [0, 0.1) is 20.8 Å². The molecule has 11 aromatic rings. The fourth-order valence-corrected chi connectivity index (χ4v) is 10.3. The number of aryl methyl sites for hydroxylation is 4. The summed E-state index contributed by atoms with van der Waals surface area (Å²) in [7, 11) is 2.15. The molecule has 0 unspecified atom stereocenters. The van der Waals surface area contributed by atoms with Gasteiger partial charge < -0.3 is 23.5 Å². The summed E-state index contributed by atoms with van der Waals surface area (Å²) >= 11 is 0. The molecule has 0 saturated carbocycles. The maximum Gasteiger partial charge on any atom is 0.141 e. The van der Waals surface area contributed by atoms with Crippen LogP contribution in [0.1, 0.15) is 16.7 Å². The van der Waals surface area contributed by atoms with Crippen molar-refractivity contribution in [3.8, 4) is 22.8 Å². The topological polar surface area (TPSA) is 34.2 Å². The molecule has 0 radical (unpaired) electrons. The van der Waals surface area contributed by atoms with Crippen molar-refractivity contribution in [2.75, 3.05) is 16.5 Å². The van der Waals surface area contributed by atoms with Gasteiger partial charge in [-0.1, -0.05) is 103 Å². The number of hydrogen-bond donors (Lipinski definition) is 0. The lowest BCUT2D eigenvalue weighted by Crippen LogP contribution is -2.25. The van der Waals surface area contributed by atoms with E-state index in [1.54, 1.807) is 0 Å². The molecule has 0 bridgehead atoms. The molecule has 8 aromatic carbocycles. The average Bonchev–Trinajstić information content (AvgIpc) is 4.02. The van der Waals surface area contributed by atoms with Crippen molar-refractivity contribution in [2.45, 2.75) is 20.8 Å². The van der Waals surface area contributed by atoms with Crippen LogP contribution in [-0.4, -0.2) is 25.4 Å². The molecular formula is C54H42N6. The second-order valence-corrected chi connectivity index (χ2v) is 16.3. The molecule has 0 N–H and O–H groups in total. The van der Waals surface area contributed by atoms with Crippen LogP contribution in [-0.2, 0) is 7.05 Å². The van der Waals surface area contributed by atoms with E-state index in [2.05, 4.69) is 221 Å². The van der Waals surface area contributed by atoms with Crippen molar-refractivity contribution in [1.29, 1.82) is 0 Å². The molecule has 0 amide bonds. The van der Waals surface area contributed by atoms with Gasteiger partial charge in [0.15, 0.2) is 0 Å². The van der Waals surface area contributed by atoms with Crippen molar-refractivity contribution in [2.24, 2.45) is 7.05 Å². The maximum atomic E-state index is 5.35. The quantitative estimate of drug-likeness (QED) is 0.175. The van der Waals surface area contributed by atoms with Gasteiger partial charge in [-0.3, -0.25) is 0 Å². The molecule has 60 heavy (non-hydrogen) atoms. The summed E-state index contributed by atoms with van der Waals surface area (Å²) in [4.78, 5) is 10.3. The Hall–Kier alpha value is -7.57. The summed E-state index contributed by atoms with van der Waals surface area (Å²) in [5, 5.41) is 4.84. The van der Waals surface area contributed by atoms with Crippen LogP contribution in [0.3, 0.4) is 0 Å². The summed E-state index contributed by atoms with van der Waals surface area (Å²) in [6, 6.07) is 61.9. The van der Waals surface area contributed by atoms with Gasteiger partial charge in [0, 0.05) is 56.9 Å². The van der Waals surface area contributed by atoms with Crippen molar-refractivity contribution in [3.63, 3.8) is 0 Å². The molecule has 0 aliphatic carbocycles. The first kappa shape index (κ1) is 34.5. The summed E-state index contributed by atoms with van der Waals surface area (Å²) < 4.78 is 7.20. The summed E-state index contributed by atoms with van der Waals surface area (Å²) in [5.41, 5.74) is 18.8. The molecule has 288 valence electrons. The maximum absolute atomic E-state index is 5.35. The largest absolute Gasteiger partial charge is 0.327 e. The smallest absolute Gasteiger partial charge is 0.141 e. The SMILES string of the molecule is Cc1cc(C)c(N2CN(c3cccc(-n4c5ccccc5c5c4cc(-c4nc6ccccc6n4C)c4c6ccccc6n(-c6ccccc6)c45)c3)c3ccccc32)c(C)c1. The molecule has 12 rings (SSSR count). The molecule has 0 saturated heterocycles. The van der Waals surface area contributed by atoms with Gasteiger partial charge in [-0.05, 0) is 105 Å². The van der Waals surface area contributed by atoms with Gasteiger partial charge >= 0.3 is 0 Å². The highest BCUT2D eigenvalue weighted by molar-refractivity contribution is 6.29. The Labute approximate surface area is 348 Å². The van der Waals surface area contributed by atoms with Crippen LogP contribution in [0.5, 0.6) is 0 Å². The van der Waals surface area contributed by atoms with Crippen molar-refractivity contribution < 1.29 is 0 Å². The Morgan fingerprint density at radius 1 is 0.467 bits per heavy atom. The third-order valence-electron chi connectivity index (χ3n) is 12.7. The van der Waals surface area contributed by atoms with Crippen molar-refractivity contribution >= 4 is 77.4 Å². The van der Waals surface area contributed by atoms with Crippen molar-refractivity contribution in [3.05, 3.63) is 187 Å². The van der Waals surface area contributed by atoms with E-state index in [-0.39, 0.29) is 0 Å². The molecule has 0 atom stereocenters. The lowest BCUT2D eigenvalue weighted by Gasteiger charge is -2.26. The van der Waals surface area contributed by atoms with Gasteiger partial charge in [0.1, 0.15) is 12.5 Å². The standard InChI is InChI=1S/C54H42N6/c1-34-29-35(2)52(36(3)30-34)58-33-57(47-27-14-15-28-48(47)58)38-19-16-20-39(31-38)59-44-24-11-9-22-41(44)51-49(59)32-42(54-55-43-23-10-13-26-46(43)56(54)4)50-40-21-8-12-25-45(40)60(53(50)51)37-17-6-5-7-18-37/h5-32H,33H2,1-4H3. The number of hydrogen-bond acceptors (Lipinski definition) is 3. The first-order valence-electron chi connectivity index (χ1n) is 20.7. The highest BCUT2D eigenvalue weighted by Gasteiger charge is 2.31. The zero-order chi connectivity index (χ0) is 40.2. The van der Waals surface area contributed by atoms with E-state index >= 15 is 0 Å². The van der Waals surface area contributed by atoms with E-state index in [1.165, 1.54) is 66.3 Å². The molecule has 3 aromatic heterocycles. The van der Waals surface area contributed by atoms with Gasteiger partial charge in [-0.2, -0.15) is 0 Å². The average molecular weight is 775 g/mol. The van der Waals surface area contributed by atoms with E-state index in [9.17, 15) is 0 Å². The summed E-state index contributed by atoms with van der Waals surface area (Å²) in [6.07, 6.45) is 0. The number of aromatic nitrogens is 4. The molecule has 4 heterocycles. The minimum Gasteiger partial charge on any atom is -0.327 e. The number of rotatable bonds is 5. The minimum atomic E-state index is 0.718. The highest BCUT2D eigenvalue weighted by atomic mass is 15.4. The Morgan fingerprint density at radius 3 is 1.78 bits per heavy atom. The zero-order valence-corrected chi connectivity index (χ0v) is 34.1. The van der Waals surface area contributed by atoms with Crippen LogP contribution >= 0.6 is 0 Å². The van der Waals surface area contributed by atoms with Gasteiger partial charge in [-0.15, -0.1) is 0 Å². The van der Waals surface area contributed by atoms with Gasteiger partial charge in [0.2, 0.25) is 0 Å². The molecular weight excluding hydrogens is 733 g/mol. The van der Waals surface area contributed by atoms with Gasteiger partial charge in [0.05, 0.1) is 44.5 Å². The van der Waals surface area contributed by atoms with E-state index in [0.29, 0.717) is 0 Å². The molecule has 6 nitrogen and oxygen atoms in total. The summed E-state index contributed by atoms with van der Waals surface area (Å²) in [5.74, 6) is 0.945. The minimum absolute atomic E-state index is 0.718. The van der Waals surface area contributed by atoms with Crippen LogP contribution in [0.15, 0.2) is 170 Å². The first-order chi connectivity index (χ1) is 29.4. The number of nitrogens with zero attached hydrogens (tertiary/aromatic N) is 6. The molecule has 1 aliphatic heterocycles. The van der Waals surface area contributed by atoms with Gasteiger partial charge in [0.25, 0.3) is 0 Å². The second-order valence-electron chi connectivity index (χ2n) is 16.3. The number of anilines is 4. The van der Waals surface area contributed by atoms with Crippen LogP contribution in [0.25, 0.3) is 77.4 Å². The summed E-state index contributed by atoms with van der Waals surface area (Å²) in [6.45, 7) is 7.37. The third kappa shape index (κ3) is 4.91. The molecule has 0 spiro atoms. The number of fused-ring (bicyclic) bond motifs is 9. The van der Waals surface area contributed by atoms with E-state index in [0.717, 1.165) is 57.2 Å². The Morgan fingerprint density at radius 2 is 1.05 bits per heavy atom. The fraction of sp³-hybridized carbons (Fsp3) is 0.0926. The normalized spacial score (nSPS) is 12.9. The number of benzene rings is 8. The lowest BCUT2D eigenvalue weighted by atomic mass is 10.0. The predicted octanol–water partition coefficient (Wildman–Crippen LogP) is 13.6. The second kappa shape index (κ2) is 13.0. The van der Waals surface area contributed by atoms with Gasteiger partial charge in [-0.25, -0.2) is 4.98 Å². The van der Waals surface area contributed by atoms with Crippen LogP contribution in [0.2, 0.25) is 0 Å². The van der Waals surface area contributed by atoms with E-state index in [4.69, 9.17) is 4.98 Å². The molecule has 0 fully saturated rings. The van der Waals surface area contributed by atoms with Crippen LogP contribution < -0.4 is 9.80 Å². The van der Waals surface area contributed by atoms with E-state index < -0.39 is 0 Å². The third-order valence-corrected chi connectivity index (χ3v) is 12.7. The Kier molecular flexibility index (Phi) is 7.45. The fourth-order valence-electron chi connectivity index (χ4n) is 10.3. The Bertz CT molecular complexity index is 3510. The predicted molar refractivity (Wildman–Crippen MR) is 251 cm³/mol. The lowest BCUT2D eigenvalue weighted by molar-refractivity contribution is 0.961. The highest BCUT2D eigenvalue weighted by Crippen LogP contribution is 2.49. The van der Waals surface area contributed by atoms with Crippen molar-refractivity contribution in [1.82, 2.24) is 18.7 Å². The zero-order valence-electron chi connectivity index (χ0n) is 34.1. The number of imidazole rings is 1.